The second kappa shape index (κ2) is 7.02. The maximum absolute atomic E-state index is 11.9. The number of rotatable bonds is 5. The van der Waals surface area contributed by atoms with Crippen molar-refractivity contribution in [2.45, 2.75) is 18.7 Å². The highest BCUT2D eigenvalue weighted by Crippen LogP contribution is 2.26. The lowest BCUT2D eigenvalue weighted by Gasteiger charge is -2.05. The normalized spacial score (nSPS) is 10.7. The molecule has 6 heteroatoms. The summed E-state index contributed by atoms with van der Waals surface area (Å²) in [5, 5.41) is 0.694. The lowest BCUT2D eigenvalue weighted by atomic mass is 10.2. The molecule has 0 bridgehead atoms. The van der Waals surface area contributed by atoms with Crippen molar-refractivity contribution < 1.29 is 4.79 Å². The molecular formula is C17H17N3OS2. The molecule has 0 saturated carbocycles. The van der Waals surface area contributed by atoms with E-state index >= 15 is 0 Å². The Morgan fingerprint density at radius 3 is 2.65 bits per heavy atom. The van der Waals surface area contributed by atoms with Crippen molar-refractivity contribution in [3.05, 3.63) is 53.6 Å². The van der Waals surface area contributed by atoms with E-state index in [0.29, 0.717) is 10.9 Å². The van der Waals surface area contributed by atoms with Gasteiger partial charge in [0, 0.05) is 4.90 Å². The van der Waals surface area contributed by atoms with Crippen LogP contribution in [-0.4, -0.2) is 16.6 Å². The molecule has 1 aromatic heterocycles. The maximum Gasteiger partial charge on any atom is 0.248 e. The van der Waals surface area contributed by atoms with Gasteiger partial charge in [-0.1, -0.05) is 35.1 Å². The van der Waals surface area contributed by atoms with E-state index in [1.165, 1.54) is 34.2 Å². The Morgan fingerprint density at radius 2 is 1.87 bits per heavy atom. The maximum atomic E-state index is 11.9. The number of aromatic nitrogens is 1. The Morgan fingerprint density at radius 1 is 1.13 bits per heavy atom. The molecule has 0 saturated heterocycles. The largest absolute Gasteiger partial charge is 0.273 e. The molecule has 0 spiro atoms. The molecule has 1 amide bonds. The minimum absolute atomic E-state index is 0.0778. The van der Waals surface area contributed by atoms with Crippen LogP contribution >= 0.6 is 23.1 Å². The molecule has 118 valence electrons. The van der Waals surface area contributed by atoms with Crippen LogP contribution in [0.2, 0.25) is 0 Å². The lowest BCUT2D eigenvalue weighted by Crippen LogP contribution is -2.30. The number of nitrogens with one attached hydrogen (secondary N) is 2. The number of benzene rings is 2. The van der Waals surface area contributed by atoms with Crippen LogP contribution in [0.1, 0.15) is 11.1 Å². The summed E-state index contributed by atoms with van der Waals surface area (Å²) >= 11 is 3.04. The molecule has 2 aromatic carbocycles. The van der Waals surface area contributed by atoms with Crippen molar-refractivity contribution in [2.24, 2.45) is 0 Å². The Balaban J connectivity index is 1.52. The second-order valence-corrected chi connectivity index (χ2v) is 7.34. The van der Waals surface area contributed by atoms with Crippen LogP contribution in [0.15, 0.2) is 47.4 Å². The Hall–Kier alpha value is -2.05. The average molecular weight is 343 g/mol. The van der Waals surface area contributed by atoms with Gasteiger partial charge in [-0.25, -0.2) is 4.98 Å². The molecule has 0 atom stereocenters. The molecule has 0 aliphatic rings. The highest BCUT2D eigenvalue weighted by molar-refractivity contribution is 8.00. The van der Waals surface area contributed by atoms with Crippen LogP contribution in [0.5, 0.6) is 0 Å². The predicted octanol–water partition coefficient (Wildman–Crippen LogP) is 4.15. The van der Waals surface area contributed by atoms with Crippen LogP contribution in [0, 0.1) is 13.8 Å². The first-order valence-electron chi connectivity index (χ1n) is 7.22. The molecule has 3 rings (SSSR count). The number of amides is 1. The number of hydrogen-bond acceptors (Lipinski definition) is 5. The number of anilines is 1. The molecule has 4 nitrogen and oxygen atoms in total. The third kappa shape index (κ3) is 4.24. The fourth-order valence-corrected chi connectivity index (χ4v) is 3.64. The van der Waals surface area contributed by atoms with Crippen molar-refractivity contribution in [3.63, 3.8) is 0 Å². The van der Waals surface area contributed by atoms with Gasteiger partial charge in [-0.15, -0.1) is 11.8 Å². The van der Waals surface area contributed by atoms with Gasteiger partial charge < -0.3 is 0 Å². The summed E-state index contributed by atoms with van der Waals surface area (Å²) in [6, 6.07) is 14.2. The molecular weight excluding hydrogens is 326 g/mol. The summed E-state index contributed by atoms with van der Waals surface area (Å²) in [5.41, 5.74) is 8.94. The third-order valence-corrected chi connectivity index (χ3v) is 5.19. The SMILES string of the molecule is Cc1ccc(SCC(=O)NNc2nc3ccc(C)cc3s2)cc1. The van der Waals surface area contributed by atoms with Gasteiger partial charge in [0.05, 0.1) is 16.0 Å². The molecule has 0 unspecified atom stereocenters. The monoisotopic (exact) mass is 343 g/mol. The number of thioether (sulfide) groups is 1. The third-order valence-electron chi connectivity index (χ3n) is 3.24. The number of fused-ring (bicyclic) bond motifs is 1. The fraction of sp³-hybridized carbons (Fsp3) is 0.176. The molecule has 0 radical (unpaired) electrons. The summed E-state index contributed by atoms with van der Waals surface area (Å²) in [6.45, 7) is 4.10. The zero-order chi connectivity index (χ0) is 16.2. The van der Waals surface area contributed by atoms with E-state index in [-0.39, 0.29) is 5.91 Å². The highest BCUT2D eigenvalue weighted by atomic mass is 32.2. The van der Waals surface area contributed by atoms with Crippen molar-refractivity contribution in [3.8, 4) is 0 Å². The average Bonchev–Trinajstić information content (AvgIpc) is 2.94. The smallest absolute Gasteiger partial charge is 0.248 e. The number of thiazole rings is 1. The van der Waals surface area contributed by atoms with E-state index < -0.39 is 0 Å². The first kappa shape index (κ1) is 15.8. The van der Waals surface area contributed by atoms with Crippen molar-refractivity contribution in [1.29, 1.82) is 0 Å². The Labute approximate surface area is 143 Å². The molecule has 2 N–H and O–H groups in total. The van der Waals surface area contributed by atoms with Crippen LogP contribution < -0.4 is 10.9 Å². The van der Waals surface area contributed by atoms with Crippen molar-refractivity contribution >= 4 is 44.4 Å². The lowest BCUT2D eigenvalue weighted by molar-refractivity contribution is -0.118. The number of aryl methyl sites for hydroxylation is 2. The van der Waals surface area contributed by atoms with Gasteiger partial charge in [-0.3, -0.25) is 15.6 Å². The number of nitrogens with zero attached hydrogens (tertiary/aromatic N) is 1. The number of hydrogen-bond donors (Lipinski definition) is 2. The standard InChI is InChI=1S/C17H17N3OS2/c1-11-3-6-13(7-4-11)22-10-16(21)19-20-17-18-14-8-5-12(2)9-15(14)23-17/h3-9H,10H2,1-2H3,(H,18,20)(H,19,21). The summed E-state index contributed by atoms with van der Waals surface area (Å²) in [5.74, 6) is 0.283. The van der Waals surface area contributed by atoms with E-state index in [1.54, 1.807) is 0 Å². The van der Waals surface area contributed by atoms with Gasteiger partial charge >= 0.3 is 0 Å². The minimum Gasteiger partial charge on any atom is -0.273 e. The van der Waals surface area contributed by atoms with Gasteiger partial charge in [-0.2, -0.15) is 0 Å². The topological polar surface area (TPSA) is 54.0 Å². The van der Waals surface area contributed by atoms with E-state index in [0.717, 1.165) is 15.1 Å². The number of carbonyl (C=O) groups is 1. The van der Waals surface area contributed by atoms with Crippen molar-refractivity contribution in [1.82, 2.24) is 10.4 Å². The first-order chi connectivity index (χ1) is 11.1. The molecule has 0 fully saturated rings. The molecule has 0 aliphatic heterocycles. The summed E-state index contributed by atoms with van der Waals surface area (Å²) in [7, 11) is 0. The predicted molar refractivity (Wildman–Crippen MR) is 98.0 cm³/mol. The molecule has 0 aliphatic carbocycles. The van der Waals surface area contributed by atoms with Crippen LogP contribution in [0.25, 0.3) is 10.2 Å². The van der Waals surface area contributed by atoms with Crippen molar-refractivity contribution in [2.75, 3.05) is 11.2 Å². The van der Waals surface area contributed by atoms with Crippen LogP contribution in [-0.2, 0) is 4.79 Å². The van der Waals surface area contributed by atoms with Gasteiger partial charge in [0.25, 0.3) is 0 Å². The second-order valence-electron chi connectivity index (χ2n) is 5.27. The fourth-order valence-electron chi connectivity index (χ4n) is 2.03. The number of carbonyl (C=O) groups excluding carboxylic acids is 1. The zero-order valence-corrected chi connectivity index (χ0v) is 14.6. The quantitative estimate of drug-likeness (QED) is 0.540. The zero-order valence-electron chi connectivity index (χ0n) is 12.9. The summed E-state index contributed by atoms with van der Waals surface area (Å²) in [6.07, 6.45) is 0. The van der Waals surface area contributed by atoms with Gasteiger partial charge in [0.1, 0.15) is 0 Å². The Kier molecular flexibility index (Phi) is 4.83. The van der Waals surface area contributed by atoms with E-state index in [9.17, 15) is 4.79 Å². The van der Waals surface area contributed by atoms with E-state index in [4.69, 9.17) is 0 Å². The van der Waals surface area contributed by atoms with Gasteiger partial charge in [-0.05, 0) is 43.7 Å². The van der Waals surface area contributed by atoms with Gasteiger partial charge in [0.2, 0.25) is 11.0 Å². The van der Waals surface area contributed by atoms with E-state index in [1.807, 2.05) is 43.3 Å². The summed E-state index contributed by atoms with van der Waals surface area (Å²) < 4.78 is 1.11. The highest BCUT2D eigenvalue weighted by Gasteiger charge is 2.06. The Bertz CT molecular complexity index is 827. The van der Waals surface area contributed by atoms with Gasteiger partial charge in [0.15, 0.2) is 0 Å². The summed E-state index contributed by atoms with van der Waals surface area (Å²) in [4.78, 5) is 17.4. The molecule has 3 aromatic rings. The van der Waals surface area contributed by atoms with E-state index in [2.05, 4.69) is 28.8 Å². The van der Waals surface area contributed by atoms with Crippen LogP contribution in [0.4, 0.5) is 5.13 Å². The minimum atomic E-state index is -0.0778. The number of hydrazine groups is 1. The molecule has 1 heterocycles. The molecule has 23 heavy (non-hydrogen) atoms. The van der Waals surface area contributed by atoms with Crippen LogP contribution in [0.3, 0.4) is 0 Å². The first-order valence-corrected chi connectivity index (χ1v) is 9.02.